The zero-order chi connectivity index (χ0) is 13.7. The molecule has 1 N–H and O–H groups in total. The summed E-state index contributed by atoms with van der Waals surface area (Å²) in [5.74, 6) is 0. The lowest BCUT2D eigenvalue weighted by molar-refractivity contribution is 0.578. The molecule has 1 aromatic carbocycles. The van der Waals surface area contributed by atoms with Gasteiger partial charge >= 0.3 is 0 Å². The first-order valence-electron chi connectivity index (χ1n) is 5.86. The third-order valence-corrected chi connectivity index (χ3v) is 4.78. The average Bonchev–Trinajstić information content (AvgIpc) is 2.91. The quantitative estimate of drug-likeness (QED) is 0.918. The number of rotatable bonds is 5. The molecule has 0 radical (unpaired) electrons. The molecule has 0 saturated heterocycles. The van der Waals surface area contributed by atoms with E-state index >= 15 is 0 Å². The molecule has 0 aliphatic heterocycles. The van der Waals surface area contributed by atoms with Gasteiger partial charge in [0.2, 0.25) is 10.0 Å². The fraction of sp³-hybridized carbons (Fsp3) is 0.143. The van der Waals surface area contributed by atoms with Crippen LogP contribution in [0.15, 0.2) is 53.3 Å². The Morgan fingerprint density at radius 2 is 1.89 bits per heavy atom. The van der Waals surface area contributed by atoms with Crippen LogP contribution in [-0.2, 0) is 10.0 Å². The third kappa shape index (κ3) is 4.31. The summed E-state index contributed by atoms with van der Waals surface area (Å²) in [4.78, 5) is 0.997. The van der Waals surface area contributed by atoms with Gasteiger partial charge in [-0.1, -0.05) is 36.4 Å². The van der Waals surface area contributed by atoms with Crippen molar-refractivity contribution in [2.45, 2.75) is 13.0 Å². The molecular weight excluding hydrogens is 278 g/mol. The number of nitrogens with one attached hydrogen (secondary N) is 1. The van der Waals surface area contributed by atoms with Crippen molar-refractivity contribution in [2.75, 3.05) is 0 Å². The monoisotopic (exact) mass is 293 g/mol. The van der Waals surface area contributed by atoms with Gasteiger partial charge in [-0.15, -0.1) is 11.3 Å². The molecule has 1 heterocycles. The van der Waals surface area contributed by atoms with Crippen LogP contribution in [0.25, 0.3) is 6.08 Å². The molecule has 5 heteroatoms. The summed E-state index contributed by atoms with van der Waals surface area (Å²) in [5.41, 5.74) is 0.858. The highest BCUT2D eigenvalue weighted by Gasteiger charge is 2.13. The zero-order valence-electron chi connectivity index (χ0n) is 10.5. The topological polar surface area (TPSA) is 46.2 Å². The first kappa shape index (κ1) is 14.0. The predicted molar refractivity (Wildman–Crippen MR) is 80.3 cm³/mol. The largest absolute Gasteiger partial charge is 0.234 e. The maximum Gasteiger partial charge on any atom is 0.234 e. The van der Waals surface area contributed by atoms with Crippen molar-refractivity contribution in [3.05, 3.63) is 63.7 Å². The average molecular weight is 293 g/mol. The van der Waals surface area contributed by atoms with Crippen molar-refractivity contribution in [3.8, 4) is 0 Å². The van der Waals surface area contributed by atoms with Gasteiger partial charge in [-0.3, -0.25) is 0 Å². The lowest BCUT2D eigenvalue weighted by atomic mass is 10.2. The van der Waals surface area contributed by atoms with Crippen LogP contribution in [0.2, 0.25) is 0 Å². The minimum atomic E-state index is -3.43. The second-order valence-electron chi connectivity index (χ2n) is 4.11. The van der Waals surface area contributed by atoms with Crippen LogP contribution in [-0.4, -0.2) is 8.42 Å². The van der Waals surface area contributed by atoms with E-state index in [4.69, 9.17) is 0 Å². The van der Waals surface area contributed by atoms with Crippen molar-refractivity contribution in [3.63, 3.8) is 0 Å². The van der Waals surface area contributed by atoms with Crippen LogP contribution in [0, 0.1) is 0 Å². The van der Waals surface area contributed by atoms with Gasteiger partial charge in [0, 0.05) is 10.3 Å². The zero-order valence-corrected chi connectivity index (χ0v) is 12.1. The van der Waals surface area contributed by atoms with Crippen LogP contribution in [0.4, 0.5) is 0 Å². The molecule has 0 unspecified atom stereocenters. The van der Waals surface area contributed by atoms with E-state index < -0.39 is 10.0 Å². The SMILES string of the molecule is C[C@H](NS(=O)(=O)/C=C/c1ccccc1)c1cccs1. The Balaban J connectivity index is 2.05. The number of thiophene rings is 1. The molecule has 2 aromatic rings. The summed E-state index contributed by atoms with van der Waals surface area (Å²) in [6, 6.07) is 12.9. The summed E-state index contributed by atoms with van der Waals surface area (Å²) >= 11 is 1.54. The minimum absolute atomic E-state index is 0.217. The number of hydrogen-bond donors (Lipinski definition) is 1. The Bertz CT molecular complexity index is 631. The van der Waals surface area contributed by atoms with E-state index in [0.29, 0.717) is 0 Å². The summed E-state index contributed by atoms with van der Waals surface area (Å²) in [7, 11) is -3.43. The Kier molecular flexibility index (Phi) is 4.52. The van der Waals surface area contributed by atoms with Gasteiger partial charge < -0.3 is 0 Å². The Morgan fingerprint density at radius 3 is 2.53 bits per heavy atom. The van der Waals surface area contributed by atoms with Crippen molar-refractivity contribution in [2.24, 2.45) is 0 Å². The van der Waals surface area contributed by atoms with Crippen LogP contribution in [0.5, 0.6) is 0 Å². The van der Waals surface area contributed by atoms with E-state index in [1.165, 1.54) is 16.7 Å². The maximum atomic E-state index is 11.9. The van der Waals surface area contributed by atoms with Gasteiger partial charge in [0.05, 0.1) is 6.04 Å². The molecule has 2 rings (SSSR count). The minimum Gasteiger partial charge on any atom is -0.208 e. The van der Waals surface area contributed by atoms with Crippen LogP contribution in [0.3, 0.4) is 0 Å². The number of benzene rings is 1. The number of hydrogen-bond acceptors (Lipinski definition) is 3. The van der Waals surface area contributed by atoms with Gasteiger partial charge in [-0.2, -0.15) is 0 Å². The molecule has 1 atom stereocenters. The Labute approximate surface area is 117 Å². The summed E-state index contributed by atoms with van der Waals surface area (Å²) in [5, 5.41) is 3.13. The Hall–Kier alpha value is -1.43. The van der Waals surface area contributed by atoms with E-state index in [9.17, 15) is 8.42 Å². The summed E-state index contributed by atoms with van der Waals surface area (Å²) in [6.07, 6.45) is 1.59. The highest BCUT2D eigenvalue weighted by molar-refractivity contribution is 7.92. The molecule has 1 aromatic heterocycles. The molecule has 100 valence electrons. The van der Waals surface area contributed by atoms with E-state index in [-0.39, 0.29) is 6.04 Å². The molecule has 0 aliphatic carbocycles. The first-order chi connectivity index (χ1) is 9.07. The molecule has 19 heavy (non-hydrogen) atoms. The second-order valence-corrected chi connectivity index (χ2v) is 6.69. The van der Waals surface area contributed by atoms with Gasteiger partial charge in [-0.25, -0.2) is 13.1 Å². The van der Waals surface area contributed by atoms with Crippen LogP contribution < -0.4 is 4.72 Å². The van der Waals surface area contributed by atoms with Crippen molar-refractivity contribution >= 4 is 27.4 Å². The summed E-state index contributed by atoms with van der Waals surface area (Å²) in [6.45, 7) is 1.83. The first-order valence-corrected chi connectivity index (χ1v) is 8.28. The van der Waals surface area contributed by atoms with Gasteiger partial charge in [0.15, 0.2) is 0 Å². The van der Waals surface area contributed by atoms with Gasteiger partial charge in [0.25, 0.3) is 0 Å². The maximum absolute atomic E-state index is 11.9. The third-order valence-electron chi connectivity index (χ3n) is 2.55. The van der Waals surface area contributed by atoms with Crippen molar-refractivity contribution in [1.29, 1.82) is 0 Å². The van der Waals surface area contributed by atoms with E-state index in [1.54, 1.807) is 6.08 Å². The fourth-order valence-electron chi connectivity index (χ4n) is 1.61. The highest BCUT2D eigenvalue weighted by Crippen LogP contribution is 2.19. The molecule has 0 bridgehead atoms. The van der Waals surface area contributed by atoms with E-state index in [0.717, 1.165) is 10.4 Å². The molecule has 0 aliphatic rings. The van der Waals surface area contributed by atoms with E-state index in [2.05, 4.69) is 4.72 Å². The molecule has 0 spiro atoms. The van der Waals surface area contributed by atoms with Gasteiger partial charge in [0.1, 0.15) is 0 Å². The number of sulfonamides is 1. The molecular formula is C14H15NO2S2. The molecule has 0 fully saturated rings. The Morgan fingerprint density at radius 1 is 1.16 bits per heavy atom. The molecule has 3 nitrogen and oxygen atoms in total. The molecule has 0 saturated carbocycles. The standard InChI is InChI=1S/C14H15NO2S2/c1-12(14-8-5-10-18-14)15-19(16,17)11-9-13-6-3-2-4-7-13/h2-12,15H,1H3/b11-9+/t12-/m0/s1. The van der Waals surface area contributed by atoms with Crippen LogP contribution >= 0.6 is 11.3 Å². The lowest BCUT2D eigenvalue weighted by Crippen LogP contribution is -2.24. The second kappa shape index (κ2) is 6.14. The van der Waals surface area contributed by atoms with Crippen LogP contribution in [0.1, 0.15) is 23.4 Å². The van der Waals surface area contributed by atoms with Crippen molar-refractivity contribution < 1.29 is 8.42 Å². The lowest BCUT2D eigenvalue weighted by Gasteiger charge is -2.09. The van der Waals surface area contributed by atoms with Gasteiger partial charge in [-0.05, 0) is 30.0 Å². The fourth-order valence-corrected chi connectivity index (χ4v) is 3.46. The van der Waals surface area contributed by atoms with Crippen molar-refractivity contribution in [1.82, 2.24) is 4.72 Å². The molecule has 0 amide bonds. The smallest absolute Gasteiger partial charge is 0.208 e. The van der Waals surface area contributed by atoms with E-state index in [1.807, 2.05) is 54.8 Å². The summed E-state index contributed by atoms with van der Waals surface area (Å²) < 4.78 is 26.5. The normalized spacial score (nSPS) is 13.7. The predicted octanol–water partition coefficient (Wildman–Crippen LogP) is 3.40. The highest BCUT2D eigenvalue weighted by atomic mass is 32.2.